The maximum atomic E-state index is 5.72. The Morgan fingerprint density at radius 1 is 1.16 bits per heavy atom. The van der Waals surface area contributed by atoms with E-state index in [1.165, 1.54) is 29.9 Å². The molecule has 0 aliphatic carbocycles. The third-order valence-electron chi connectivity index (χ3n) is 3.57. The normalized spacial score (nSPS) is 22.8. The Morgan fingerprint density at radius 2 is 2.05 bits per heavy atom. The minimum absolute atomic E-state index is 0.662. The Hall–Kier alpha value is -0.870. The lowest BCUT2D eigenvalue weighted by Gasteiger charge is -2.22. The SMILES string of the molecule is c1cc2c(cc1CNC1CCCSC1)OCCCO2. The van der Waals surface area contributed by atoms with Crippen LogP contribution in [-0.4, -0.2) is 30.8 Å². The molecule has 0 radical (unpaired) electrons. The first-order valence-corrected chi connectivity index (χ1v) is 8.27. The van der Waals surface area contributed by atoms with Crippen molar-refractivity contribution in [1.82, 2.24) is 5.32 Å². The van der Waals surface area contributed by atoms with Crippen molar-refractivity contribution in [1.29, 1.82) is 0 Å². The van der Waals surface area contributed by atoms with Crippen molar-refractivity contribution in [3.8, 4) is 11.5 Å². The molecule has 1 atom stereocenters. The number of rotatable bonds is 3. The van der Waals surface area contributed by atoms with Crippen molar-refractivity contribution in [3.63, 3.8) is 0 Å². The Kier molecular flexibility index (Phi) is 4.51. The predicted octanol–water partition coefficient (Wildman–Crippen LogP) is 2.83. The first kappa shape index (κ1) is 13.1. The van der Waals surface area contributed by atoms with E-state index in [-0.39, 0.29) is 0 Å². The van der Waals surface area contributed by atoms with Gasteiger partial charge in [-0.1, -0.05) is 6.07 Å². The largest absolute Gasteiger partial charge is 0.490 e. The summed E-state index contributed by atoms with van der Waals surface area (Å²) in [5, 5.41) is 3.64. The van der Waals surface area contributed by atoms with Crippen molar-refractivity contribution in [3.05, 3.63) is 23.8 Å². The smallest absolute Gasteiger partial charge is 0.161 e. The van der Waals surface area contributed by atoms with E-state index in [1.807, 2.05) is 6.07 Å². The van der Waals surface area contributed by atoms with Crippen LogP contribution in [0.5, 0.6) is 11.5 Å². The monoisotopic (exact) mass is 279 g/mol. The number of fused-ring (bicyclic) bond motifs is 1. The molecule has 3 nitrogen and oxygen atoms in total. The number of nitrogens with one attached hydrogen (secondary N) is 1. The third kappa shape index (κ3) is 3.57. The molecule has 0 saturated carbocycles. The Bertz CT molecular complexity index is 419. The van der Waals surface area contributed by atoms with Crippen LogP contribution < -0.4 is 14.8 Å². The van der Waals surface area contributed by atoms with Crippen molar-refractivity contribution in [2.24, 2.45) is 0 Å². The molecule has 1 aromatic rings. The summed E-state index contributed by atoms with van der Waals surface area (Å²) >= 11 is 2.06. The highest BCUT2D eigenvalue weighted by Gasteiger charge is 2.14. The first-order chi connectivity index (χ1) is 9.42. The van der Waals surface area contributed by atoms with Gasteiger partial charge in [0.15, 0.2) is 11.5 Å². The fourth-order valence-corrected chi connectivity index (χ4v) is 3.59. The topological polar surface area (TPSA) is 30.5 Å². The van der Waals surface area contributed by atoms with Gasteiger partial charge in [0, 0.05) is 24.8 Å². The van der Waals surface area contributed by atoms with Gasteiger partial charge >= 0.3 is 0 Å². The molecule has 0 spiro atoms. The fourth-order valence-electron chi connectivity index (χ4n) is 2.48. The maximum Gasteiger partial charge on any atom is 0.161 e. The average Bonchev–Trinajstić information content (AvgIpc) is 2.71. The van der Waals surface area contributed by atoms with Gasteiger partial charge < -0.3 is 14.8 Å². The van der Waals surface area contributed by atoms with E-state index < -0.39 is 0 Å². The van der Waals surface area contributed by atoms with Crippen LogP contribution in [0.3, 0.4) is 0 Å². The van der Waals surface area contributed by atoms with Crippen LogP contribution in [0.2, 0.25) is 0 Å². The zero-order valence-corrected chi connectivity index (χ0v) is 12.0. The minimum Gasteiger partial charge on any atom is -0.490 e. The van der Waals surface area contributed by atoms with Crippen LogP contribution in [0.25, 0.3) is 0 Å². The zero-order valence-electron chi connectivity index (χ0n) is 11.2. The quantitative estimate of drug-likeness (QED) is 0.921. The second kappa shape index (κ2) is 6.53. The number of hydrogen-bond donors (Lipinski definition) is 1. The lowest BCUT2D eigenvalue weighted by molar-refractivity contribution is 0.297. The van der Waals surface area contributed by atoms with Gasteiger partial charge in [0.05, 0.1) is 13.2 Å². The van der Waals surface area contributed by atoms with Crippen molar-refractivity contribution in [2.45, 2.75) is 31.8 Å². The molecule has 2 aliphatic heterocycles. The van der Waals surface area contributed by atoms with E-state index in [0.717, 1.165) is 37.7 Å². The molecule has 3 rings (SSSR count). The Labute approximate surface area is 119 Å². The molecule has 19 heavy (non-hydrogen) atoms. The molecule has 0 aromatic heterocycles. The molecule has 0 bridgehead atoms. The lowest BCUT2D eigenvalue weighted by atomic mass is 10.1. The second-order valence-electron chi connectivity index (χ2n) is 5.13. The maximum absolute atomic E-state index is 5.72. The number of ether oxygens (including phenoxy) is 2. The number of thioether (sulfide) groups is 1. The molecule has 104 valence electrons. The Balaban J connectivity index is 1.60. The van der Waals surface area contributed by atoms with E-state index in [4.69, 9.17) is 9.47 Å². The lowest BCUT2D eigenvalue weighted by Crippen LogP contribution is -2.33. The number of hydrogen-bond acceptors (Lipinski definition) is 4. The minimum atomic E-state index is 0.662. The summed E-state index contributed by atoms with van der Waals surface area (Å²) in [5.41, 5.74) is 1.28. The van der Waals surface area contributed by atoms with Gasteiger partial charge in [0.25, 0.3) is 0 Å². The molecular weight excluding hydrogens is 258 g/mol. The van der Waals surface area contributed by atoms with E-state index in [0.29, 0.717) is 6.04 Å². The summed E-state index contributed by atoms with van der Waals surface area (Å²) < 4.78 is 11.4. The van der Waals surface area contributed by atoms with Gasteiger partial charge in [-0.15, -0.1) is 0 Å². The third-order valence-corrected chi connectivity index (χ3v) is 4.78. The summed E-state index contributed by atoms with van der Waals surface area (Å²) in [6, 6.07) is 6.95. The molecule has 1 unspecified atom stereocenters. The molecule has 2 heterocycles. The summed E-state index contributed by atoms with van der Waals surface area (Å²) in [6.07, 6.45) is 3.60. The van der Waals surface area contributed by atoms with Gasteiger partial charge in [0.1, 0.15) is 0 Å². The molecule has 1 N–H and O–H groups in total. The van der Waals surface area contributed by atoms with E-state index in [2.05, 4.69) is 29.2 Å². The van der Waals surface area contributed by atoms with Gasteiger partial charge in [-0.05, 0) is 36.3 Å². The van der Waals surface area contributed by atoms with Gasteiger partial charge in [-0.3, -0.25) is 0 Å². The van der Waals surface area contributed by atoms with Crippen LogP contribution >= 0.6 is 11.8 Å². The second-order valence-corrected chi connectivity index (χ2v) is 6.28. The molecule has 0 amide bonds. The van der Waals surface area contributed by atoms with E-state index in [1.54, 1.807) is 0 Å². The van der Waals surface area contributed by atoms with Gasteiger partial charge in [-0.2, -0.15) is 11.8 Å². The summed E-state index contributed by atoms with van der Waals surface area (Å²) in [5.74, 6) is 4.34. The molecule has 1 saturated heterocycles. The highest BCUT2D eigenvalue weighted by atomic mass is 32.2. The summed E-state index contributed by atoms with van der Waals surface area (Å²) in [4.78, 5) is 0. The van der Waals surface area contributed by atoms with E-state index in [9.17, 15) is 0 Å². The van der Waals surface area contributed by atoms with E-state index >= 15 is 0 Å². The first-order valence-electron chi connectivity index (χ1n) is 7.11. The van der Waals surface area contributed by atoms with Crippen molar-refractivity contribution < 1.29 is 9.47 Å². The van der Waals surface area contributed by atoms with Crippen molar-refractivity contribution in [2.75, 3.05) is 24.7 Å². The van der Waals surface area contributed by atoms with Gasteiger partial charge in [-0.25, -0.2) is 0 Å². The van der Waals surface area contributed by atoms with Crippen LogP contribution in [0.1, 0.15) is 24.8 Å². The van der Waals surface area contributed by atoms with Crippen LogP contribution in [0.4, 0.5) is 0 Å². The standard InChI is InChI=1S/C15H21NO2S/c1-3-13(11-19-8-1)16-10-12-4-5-14-15(9-12)18-7-2-6-17-14/h4-5,9,13,16H,1-3,6-8,10-11H2. The molecule has 1 aromatic carbocycles. The zero-order chi connectivity index (χ0) is 12.9. The Morgan fingerprint density at radius 3 is 2.89 bits per heavy atom. The van der Waals surface area contributed by atoms with Crippen LogP contribution in [0, 0.1) is 0 Å². The fraction of sp³-hybridized carbons (Fsp3) is 0.600. The predicted molar refractivity (Wildman–Crippen MR) is 79.2 cm³/mol. The van der Waals surface area contributed by atoms with Crippen LogP contribution in [-0.2, 0) is 6.54 Å². The summed E-state index contributed by atoms with van der Waals surface area (Å²) in [7, 11) is 0. The highest BCUT2D eigenvalue weighted by Crippen LogP contribution is 2.30. The number of benzene rings is 1. The summed E-state index contributed by atoms with van der Waals surface area (Å²) in [6.45, 7) is 2.43. The molecule has 1 fully saturated rings. The molecular formula is C15H21NO2S. The highest BCUT2D eigenvalue weighted by molar-refractivity contribution is 7.99. The molecule has 4 heteroatoms. The van der Waals surface area contributed by atoms with Crippen molar-refractivity contribution >= 4 is 11.8 Å². The molecule has 2 aliphatic rings. The van der Waals surface area contributed by atoms with Crippen LogP contribution in [0.15, 0.2) is 18.2 Å². The van der Waals surface area contributed by atoms with Gasteiger partial charge in [0.2, 0.25) is 0 Å². The average molecular weight is 279 g/mol.